The molecule has 1 rings (SSSR count). The van der Waals surface area contributed by atoms with Crippen LogP contribution in [-0.4, -0.2) is 40.2 Å². The Bertz CT molecular complexity index is 462. The van der Waals surface area contributed by atoms with Crippen LogP contribution in [0.15, 0.2) is 12.4 Å². The maximum atomic E-state index is 11.3. The van der Waals surface area contributed by atoms with Gasteiger partial charge in [0, 0.05) is 6.04 Å². The molecule has 0 aromatic carbocycles. The second-order valence-electron chi connectivity index (χ2n) is 4.37. The molecule has 1 aromatic heterocycles. The molecule has 1 aromatic rings. The van der Waals surface area contributed by atoms with E-state index < -0.39 is 11.9 Å². The maximum absolute atomic E-state index is 11.3. The van der Waals surface area contributed by atoms with E-state index in [4.69, 9.17) is 5.11 Å². The number of aromatic nitrogens is 2. The number of carboxylic acids is 1. The first kappa shape index (κ1) is 14.9. The van der Waals surface area contributed by atoms with Gasteiger partial charge in [0.05, 0.1) is 25.9 Å². The van der Waals surface area contributed by atoms with Gasteiger partial charge in [0.2, 0.25) is 0 Å². The number of methoxy groups -OCH3 is 1. The van der Waals surface area contributed by atoms with Crippen molar-refractivity contribution < 1.29 is 19.4 Å². The van der Waals surface area contributed by atoms with E-state index in [-0.39, 0.29) is 24.1 Å². The monoisotopic (exact) mass is 267 g/mol. The number of hydrogen-bond donors (Lipinski definition) is 2. The summed E-state index contributed by atoms with van der Waals surface area (Å²) in [5.74, 6) is -1.04. The fourth-order valence-corrected chi connectivity index (χ4v) is 1.47. The molecule has 0 aliphatic rings. The number of carbonyl (C=O) groups excluding carboxylic acids is 1. The molecule has 0 aliphatic carbocycles. The lowest BCUT2D eigenvalue weighted by Gasteiger charge is -2.21. The Morgan fingerprint density at radius 3 is 2.63 bits per heavy atom. The molecule has 0 aliphatic heterocycles. The van der Waals surface area contributed by atoms with Crippen LogP contribution in [0.2, 0.25) is 0 Å². The second-order valence-corrected chi connectivity index (χ2v) is 4.37. The Kier molecular flexibility index (Phi) is 5.23. The first-order valence-corrected chi connectivity index (χ1v) is 5.82. The van der Waals surface area contributed by atoms with E-state index in [1.807, 2.05) is 13.8 Å². The van der Waals surface area contributed by atoms with Gasteiger partial charge in [-0.1, -0.05) is 13.8 Å². The Morgan fingerprint density at radius 2 is 2.11 bits per heavy atom. The number of nitrogens with zero attached hydrogens (tertiary/aromatic N) is 2. The molecule has 1 atom stereocenters. The summed E-state index contributed by atoms with van der Waals surface area (Å²) in [6.07, 6.45) is 2.68. The normalized spacial score (nSPS) is 12.0. The molecular formula is C12H17N3O4. The summed E-state index contributed by atoms with van der Waals surface area (Å²) < 4.78 is 4.54. The van der Waals surface area contributed by atoms with Crippen LogP contribution in [-0.2, 0) is 9.53 Å². The van der Waals surface area contributed by atoms with Crippen molar-refractivity contribution in [3.05, 3.63) is 18.1 Å². The number of nitrogens with one attached hydrogen (secondary N) is 1. The Balaban J connectivity index is 2.84. The Labute approximate surface area is 111 Å². The summed E-state index contributed by atoms with van der Waals surface area (Å²) in [5, 5.41) is 11.8. The van der Waals surface area contributed by atoms with Gasteiger partial charge in [0.1, 0.15) is 5.82 Å². The van der Waals surface area contributed by atoms with Gasteiger partial charge in [-0.05, 0) is 5.92 Å². The predicted octanol–water partition coefficient (Wildman–Crippen LogP) is 1.17. The third-order valence-corrected chi connectivity index (χ3v) is 2.56. The standard InChI is InChI=1S/C12H17N3O4/c1-7(2)8(4-11(16)17)14-10-6-13-5-9(15-10)12(18)19-3/h5-8H,4H2,1-3H3,(H,14,15)(H,16,17). The minimum Gasteiger partial charge on any atom is -0.481 e. The first-order valence-electron chi connectivity index (χ1n) is 5.82. The minimum absolute atomic E-state index is 0.0399. The van der Waals surface area contributed by atoms with Crippen molar-refractivity contribution in [2.24, 2.45) is 5.92 Å². The van der Waals surface area contributed by atoms with Crippen LogP contribution in [0.25, 0.3) is 0 Å². The van der Waals surface area contributed by atoms with Crippen LogP contribution in [0.5, 0.6) is 0 Å². The molecule has 7 nitrogen and oxygen atoms in total. The zero-order chi connectivity index (χ0) is 14.4. The van der Waals surface area contributed by atoms with Crippen LogP contribution < -0.4 is 5.32 Å². The highest BCUT2D eigenvalue weighted by molar-refractivity contribution is 5.87. The van der Waals surface area contributed by atoms with Gasteiger partial charge >= 0.3 is 11.9 Å². The molecule has 1 heterocycles. The van der Waals surface area contributed by atoms with Crippen molar-refractivity contribution in [2.75, 3.05) is 12.4 Å². The lowest BCUT2D eigenvalue weighted by molar-refractivity contribution is -0.137. The van der Waals surface area contributed by atoms with Crippen LogP contribution in [0.3, 0.4) is 0 Å². The smallest absolute Gasteiger partial charge is 0.358 e. The molecule has 0 bridgehead atoms. The Hall–Kier alpha value is -2.18. The summed E-state index contributed by atoms with van der Waals surface area (Å²) >= 11 is 0. The summed E-state index contributed by atoms with van der Waals surface area (Å²) in [5.41, 5.74) is 0.0744. The highest BCUT2D eigenvalue weighted by atomic mass is 16.5. The van der Waals surface area contributed by atoms with Crippen LogP contribution in [0, 0.1) is 5.92 Å². The largest absolute Gasteiger partial charge is 0.481 e. The highest BCUT2D eigenvalue weighted by Crippen LogP contribution is 2.13. The quantitative estimate of drug-likeness (QED) is 0.746. The van der Waals surface area contributed by atoms with Crippen molar-refractivity contribution in [3.63, 3.8) is 0 Å². The first-order chi connectivity index (χ1) is 8.93. The van der Waals surface area contributed by atoms with Crippen molar-refractivity contribution in [3.8, 4) is 0 Å². The molecule has 7 heteroatoms. The van der Waals surface area contributed by atoms with Gasteiger partial charge in [0.15, 0.2) is 5.69 Å². The SMILES string of the molecule is COC(=O)c1cncc(NC(CC(=O)O)C(C)C)n1. The molecule has 0 fully saturated rings. The van der Waals surface area contributed by atoms with Crippen molar-refractivity contribution in [1.82, 2.24) is 9.97 Å². The van der Waals surface area contributed by atoms with E-state index in [1.165, 1.54) is 19.5 Å². The van der Waals surface area contributed by atoms with E-state index in [2.05, 4.69) is 20.0 Å². The third kappa shape index (κ3) is 4.53. The molecule has 2 N–H and O–H groups in total. The summed E-state index contributed by atoms with van der Waals surface area (Å²) in [6.45, 7) is 3.80. The fraction of sp³-hybridized carbons (Fsp3) is 0.500. The van der Waals surface area contributed by atoms with Crippen molar-refractivity contribution >= 4 is 17.8 Å². The average molecular weight is 267 g/mol. The zero-order valence-corrected chi connectivity index (χ0v) is 11.1. The summed E-state index contributed by atoms with van der Waals surface area (Å²) in [4.78, 5) is 30.0. The minimum atomic E-state index is -0.900. The topological polar surface area (TPSA) is 101 Å². The van der Waals surface area contributed by atoms with E-state index in [9.17, 15) is 9.59 Å². The number of hydrogen-bond acceptors (Lipinski definition) is 6. The average Bonchev–Trinajstić information content (AvgIpc) is 2.36. The van der Waals surface area contributed by atoms with Crippen LogP contribution in [0.1, 0.15) is 30.8 Å². The molecule has 104 valence electrons. The van der Waals surface area contributed by atoms with Crippen LogP contribution >= 0.6 is 0 Å². The predicted molar refractivity (Wildman–Crippen MR) is 67.9 cm³/mol. The van der Waals surface area contributed by atoms with Crippen molar-refractivity contribution in [2.45, 2.75) is 26.3 Å². The lowest BCUT2D eigenvalue weighted by Crippen LogP contribution is -2.29. The summed E-state index contributed by atoms with van der Waals surface area (Å²) in [7, 11) is 1.26. The Morgan fingerprint density at radius 1 is 1.42 bits per heavy atom. The van der Waals surface area contributed by atoms with Gasteiger partial charge in [-0.15, -0.1) is 0 Å². The highest BCUT2D eigenvalue weighted by Gasteiger charge is 2.18. The van der Waals surface area contributed by atoms with E-state index >= 15 is 0 Å². The summed E-state index contributed by atoms with van der Waals surface area (Å²) in [6, 6.07) is -0.292. The third-order valence-electron chi connectivity index (χ3n) is 2.56. The molecule has 0 radical (unpaired) electrons. The van der Waals surface area contributed by atoms with Gasteiger partial charge in [-0.25, -0.2) is 9.78 Å². The van der Waals surface area contributed by atoms with E-state index in [0.717, 1.165) is 0 Å². The molecule has 0 saturated heterocycles. The molecule has 1 unspecified atom stereocenters. The molecule has 0 amide bonds. The lowest BCUT2D eigenvalue weighted by atomic mass is 10.0. The van der Waals surface area contributed by atoms with Crippen LogP contribution in [0.4, 0.5) is 5.82 Å². The van der Waals surface area contributed by atoms with Gasteiger partial charge in [-0.2, -0.15) is 0 Å². The van der Waals surface area contributed by atoms with E-state index in [0.29, 0.717) is 5.82 Å². The molecule has 19 heavy (non-hydrogen) atoms. The van der Waals surface area contributed by atoms with Gasteiger partial charge in [-0.3, -0.25) is 9.78 Å². The molecular weight excluding hydrogens is 250 g/mol. The van der Waals surface area contributed by atoms with Gasteiger partial charge < -0.3 is 15.2 Å². The number of carbonyl (C=O) groups is 2. The number of esters is 1. The van der Waals surface area contributed by atoms with Crippen molar-refractivity contribution in [1.29, 1.82) is 0 Å². The molecule has 0 saturated carbocycles. The number of carboxylic acid groups (broad SMARTS) is 1. The zero-order valence-electron chi connectivity index (χ0n) is 11.1. The second kappa shape index (κ2) is 6.67. The van der Waals surface area contributed by atoms with E-state index in [1.54, 1.807) is 0 Å². The number of anilines is 1. The fourth-order valence-electron chi connectivity index (χ4n) is 1.47. The number of ether oxygens (including phenoxy) is 1. The number of rotatable bonds is 6. The number of aliphatic carboxylic acids is 1. The molecule has 0 spiro atoms. The maximum Gasteiger partial charge on any atom is 0.358 e. The van der Waals surface area contributed by atoms with Gasteiger partial charge in [0.25, 0.3) is 0 Å².